The molecule has 0 amide bonds. The van der Waals surface area contributed by atoms with Crippen molar-refractivity contribution in [2.45, 2.75) is 58.3 Å². The molecule has 0 bridgehead atoms. The number of benzene rings is 1. The summed E-state index contributed by atoms with van der Waals surface area (Å²) >= 11 is 3.41. The maximum absolute atomic E-state index is 13.5. The normalized spacial score (nSPS) is 11.3. The van der Waals surface area contributed by atoms with Crippen LogP contribution in [0.1, 0.15) is 57.4 Å². The highest BCUT2D eigenvalue weighted by Crippen LogP contribution is 2.28. The summed E-state index contributed by atoms with van der Waals surface area (Å²) in [7, 11) is 0. The van der Waals surface area contributed by atoms with Gasteiger partial charge in [-0.15, -0.1) is 0 Å². The Labute approximate surface area is 129 Å². The Kier molecular flexibility index (Phi) is 6.08. The Hall–Kier alpha value is -0.830. The summed E-state index contributed by atoms with van der Waals surface area (Å²) in [5.74, 6) is -0.176. The third-order valence-electron chi connectivity index (χ3n) is 3.84. The Balaban J connectivity index is 1.84. The summed E-state index contributed by atoms with van der Waals surface area (Å²) in [6, 6.07) is 3.14. The summed E-state index contributed by atoms with van der Waals surface area (Å²) in [5, 5.41) is 1.02. The number of H-pyrrole nitrogens is 1. The number of fused-ring (bicyclic) bond motifs is 1. The lowest BCUT2D eigenvalue weighted by molar-refractivity contribution is 0.590. The minimum Gasteiger partial charge on any atom is -0.360 e. The van der Waals surface area contributed by atoms with Crippen LogP contribution in [-0.2, 0) is 6.42 Å². The highest BCUT2D eigenvalue weighted by molar-refractivity contribution is 9.10. The van der Waals surface area contributed by atoms with Crippen molar-refractivity contribution >= 4 is 26.8 Å². The van der Waals surface area contributed by atoms with Gasteiger partial charge in [-0.25, -0.2) is 4.39 Å². The average Bonchev–Trinajstić information content (AvgIpc) is 2.81. The van der Waals surface area contributed by atoms with Crippen LogP contribution < -0.4 is 0 Å². The van der Waals surface area contributed by atoms with Crippen molar-refractivity contribution in [3.63, 3.8) is 0 Å². The number of nitrogens with one attached hydrogen (secondary N) is 1. The first-order valence-electron chi connectivity index (χ1n) is 7.67. The summed E-state index contributed by atoms with van der Waals surface area (Å²) in [5.41, 5.74) is 2.23. The van der Waals surface area contributed by atoms with Crippen LogP contribution >= 0.6 is 15.9 Å². The van der Waals surface area contributed by atoms with E-state index in [1.165, 1.54) is 56.6 Å². The average molecular weight is 340 g/mol. The molecule has 0 spiro atoms. The molecule has 1 N–H and O–H groups in total. The van der Waals surface area contributed by atoms with Crippen molar-refractivity contribution in [2.75, 3.05) is 0 Å². The van der Waals surface area contributed by atoms with E-state index in [1.807, 2.05) is 6.20 Å². The van der Waals surface area contributed by atoms with Crippen LogP contribution in [0.15, 0.2) is 22.8 Å². The lowest BCUT2D eigenvalue weighted by Gasteiger charge is -2.02. The Morgan fingerprint density at radius 3 is 2.50 bits per heavy atom. The number of aryl methyl sites for hydroxylation is 1. The molecule has 2 aromatic rings. The lowest BCUT2D eigenvalue weighted by Crippen LogP contribution is -1.86. The first-order valence-corrected chi connectivity index (χ1v) is 8.46. The van der Waals surface area contributed by atoms with Gasteiger partial charge >= 0.3 is 0 Å². The fraction of sp³-hybridized carbons (Fsp3) is 0.529. The zero-order valence-corrected chi connectivity index (χ0v) is 13.7. The first-order chi connectivity index (χ1) is 9.72. The number of aromatic amines is 1. The Morgan fingerprint density at radius 1 is 1.05 bits per heavy atom. The molecule has 3 heteroatoms. The van der Waals surface area contributed by atoms with E-state index in [1.54, 1.807) is 6.07 Å². The van der Waals surface area contributed by atoms with E-state index in [0.717, 1.165) is 21.8 Å². The van der Waals surface area contributed by atoms with E-state index in [4.69, 9.17) is 0 Å². The predicted octanol–water partition coefficient (Wildman–Crippen LogP) is 6.36. The molecule has 0 aliphatic rings. The van der Waals surface area contributed by atoms with Gasteiger partial charge in [0, 0.05) is 16.1 Å². The van der Waals surface area contributed by atoms with Gasteiger partial charge in [0.25, 0.3) is 0 Å². The molecule has 1 heterocycles. The van der Waals surface area contributed by atoms with Crippen molar-refractivity contribution in [3.8, 4) is 0 Å². The van der Waals surface area contributed by atoms with Gasteiger partial charge in [0.2, 0.25) is 0 Å². The first kappa shape index (κ1) is 15.6. The van der Waals surface area contributed by atoms with Gasteiger partial charge < -0.3 is 4.98 Å². The lowest BCUT2D eigenvalue weighted by atomic mass is 10.0. The zero-order valence-electron chi connectivity index (χ0n) is 12.1. The van der Waals surface area contributed by atoms with Crippen molar-refractivity contribution in [1.29, 1.82) is 0 Å². The molecule has 1 nitrogen and oxygen atoms in total. The summed E-state index contributed by atoms with van der Waals surface area (Å²) in [6.45, 7) is 2.24. The number of rotatable bonds is 8. The van der Waals surface area contributed by atoms with Crippen molar-refractivity contribution < 1.29 is 4.39 Å². The second-order valence-corrected chi connectivity index (χ2v) is 6.35. The topological polar surface area (TPSA) is 15.8 Å². The molecule has 0 saturated heterocycles. The van der Waals surface area contributed by atoms with Crippen LogP contribution in [0.25, 0.3) is 10.9 Å². The standard InChI is InChI=1S/C17H23BrFN/c1-2-3-4-5-6-7-8-9-13-12-20-17-15(13)10-14(19)11-16(17)18/h10-12,20H,2-9H2,1H3. The van der Waals surface area contributed by atoms with Crippen LogP contribution in [0.4, 0.5) is 4.39 Å². The van der Waals surface area contributed by atoms with E-state index in [0.29, 0.717) is 0 Å². The molecule has 0 atom stereocenters. The fourth-order valence-corrected chi connectivity index (χ4v) is 3.24. The van der Waals surface area contributed by atoms with Gasteiger partial charge in [-0.2, -0.15) is 0 Å². The minimum absolute atomic E-state index is 0.176. The number of hydrogen-bond acceptors (Lipinski definition) is 0. The maximum atomic E-state index is 13.5. The van der Waals surface area contributed by atoms with E-state index < -0.39 is 0 Å². The Morgan fingerprint density at radius 2 is 1.75 bits per heavy atom. The smallest absolute Gasteiger partial charge is 0.125 e. The molecule has 1 aromatic heterocycles. The highest BCUT2D eigenvalue weighted by atomic mass is 79.9. The van der Waals surface area contributed by atoms with Gasteiger partial charge in [0.15, 0.2) is 0 Å². The highest BCUT2D eigenvalue weighted by Gasteiger charge is 2.08. The van der Waals surface area contributed by atoms with Crippen molar-refractivity contribution in [3.05, 3.63) is 34.2 Å². The predicted molar refractivity (Wildman–Crippen MR) is 87.7 cm³/mol. The van der Waals surface area contributed by atoms with E-state index in [9.17, 15) is 4.39 Å². The Bertz CT molecular complexity index is 547. The second-order valence-electron chi connectivity index (χ2n) is 5.50. The van der Waals surface area contributed by atoms with Crippen LogP contribution in [0.3, 0.4) is 0 Å². The third kappa shape index (κ3) is 4.08. The zero-order chi connectivity index (χ0) is 14.4. The monoisotopic (exact) mass is 339 g/mol. The van der Waals surface area contributed by atoms with Gasteiger partial charge in [-0.05, 0) is 46.5 Å². The molecule has 110 valence electrons. The van der Waals surface area contributed by atoms with Crippen LogP contribution in [-0.4, -0.2) is 4.98 Å². The van der Waals surface area contributed by atoms with Gasteiger partial charge in [0.1, 0.15) is 5.82 Å². The quantitative estimate of drug-likeness (QED) is 0.538. The molecule has 0 aliphatic carbocycles. The van der Waals surface area contributed by atoms with Crippen molar-refractivity contribution in [1.82, 2.24) is 4.98 Å². The van der Waals surface area contributed by atoms with Crippen LogP contribution in [0.2, 0.25) is 0 Å². The van der Waals surface area contributed by atoms with Gasteiger partial charge in [-0.1, -0.05) is 45.4 Å². The van der Waals surface area contributed by atoms with E-state index in [-0.39, 0.29) is 5.82 Å². The number of aromatic nitrogens is 1. The molecule has 0 aliphatic heterocycles. The van der Waals surface area contributed by atoms with Crippen molar-refractivity contribution in [2.24, 2.45) is 0 Å². The summed E-state index contributed by atoms with van der Waals surface area (Å²) < 4.78 is 14.3. The molecule has 0 radical (unpaired) electrons. The van der Waals surface area contributed by atoms with Crippen LogP contribution in [0.5, 0.6) is 0 Å². The van der Waals surface area contributed by atoms with E-state index >= 15 is 0 Å². The van der Waals surface area contributed by atoms with E-state index in [2.05, 4.69) is 27.8 Å². The molecule has 0 fully saturated rings. The molecular weight excluding hydrogens is 317 g/mol. The van der Waals surface area contributed by atoms with Gasteiger partial charge in [-0.3, -0.25) is 0 Å². The molecule has 1 aromatic carbocycles. The third-order valence-corrected chi connectivity index (χ3v) is 4.47. The summed E-state index contributed by atoms with van der Waals surface area (Å²) in [4.78, 5) is 3.24. The number of hydrogen-bond donors (Lipinski definition) is 1. The molecule has 0 unspecified atom stereocenters. The minimum atomic E-state index is -0.176. The molecule has 0 saturated carbocycles. The summed E-state index contributed by atoms with van der Waals surface area (Å²) in [6.07, 6.45) is 12.2. The molecular formula is C17H23BrFN. The fourth-order valence-electron chi connectivity index (χ4n) is 2.69. The maximum Gasteiger partial charge on any atom is 0.125 e. The largest absolute Gasteiger partial charge is 0.360 e. The number of halogens is 2. The molecule has 2 rings (SSSR count). The van der Waals surface area contributed by atoms with Crippen LogP contribution in [0, 0.1) is 5.82 Å². The second kappa shape index (κ2) is 7.82. The SMILES string of the molecule is CCCCCCCCCc1c[nH]c2c(Br)cc(F)cc12. The molecule has 20 heavy (non-hydrogen) atoms. The van der Waals surface area contributed by atoms with Gasteiger partial charge in [0.05, 0.1) is 5.52 Å². The number of unbranched alkanes of at least 4 members (excludes halogenated alkanes) is 6.